The van der Waals surface area contributed by atoms with Crippen LogP contribution in [0.15, 0.2) is 0 Å². The summed E-state index contributed by atoms with van der Waals surface area (Å²) in [6.45, 7) is 0. The zero-order valence-corrected chi connectivity index (χ0v) is 17.0. The fourth-order valence-electron chi connectivity index (χ4n) is 0.773. The summed E-state index contributed by atoms with van der Waals surface area (Å²) in [5.41, 5.74) is 0. The maximum absolute atomic E-state index is 9.63. The van der Waals surface area contributed by atoms with Crippen LogP contribution in [0.3, 0.4) is 0 Å². The van der Waals surface area contributed by atoms with Crippen LogP contribution in [-0.2, 0) is 62.9 Å². The van der Waals surface area contributed by atoms with E-state index in [-0.39, 0.29) is 34.1 Å². The number of rotatable bonds is 9. The summed E-state index contributed by atoms with van der Waals surface area (Å²) in [5.74, 6) is -12.4. The van der Waals surface area contributed by atoms with Gasteiger partial charge >= 0.3 is 34.1 Å². The molecule has 0 bridgehead atoms. The first-order valence-electron chi connectivity index (χ1n) is 6.73. The Morgan fingerprint density at radius 1 is 0.344 bits per heavy atom. The molecule has 0 rings (SSSR count). The van der Waals surface area contributed by atoms with Crippen LogP contribution in [-0.4, -0.2) is 103 Å². The van der Waals surface area contributed by atoms with E-state index in [4.69, 9.17) is 30.6 Å². The van der Waals surface area contributed by atoms with E-state index in [1.165, 1.54) is 0 Å². The van der Waals surface area contributed by atoms with E-state index >= 15 is 0 Å². The molecule has 6 N–H and O–H groups in total. The average molecular weight is 556 g/mol. The third kappa shape index (κ3) is 17.3. The third-order valence-corrected chi connectivity index (χ3v) is 2.35. The number of hydrogen-bond acceptors (Lipinski definition) is 18. The predicted octanol–water partition coefficient (Wildman–Crippen LogP) is -14.4. The quantitative estimate of drug-likeness (QED) is 0.144. The molecule has 20 heteroatoms. The molecule has 0 aliphatic heterocycles. The first-order chi connectivity index (χ1) is 13.4. The predicted molar refractivity (Wildman–Crippen MR) is 66.1 cm³/mol. The van der Waals surface area contributed by atoms with E-state index in [0.717, 1.165) is 0 Å². The van der Waals surface area contributed by atoms with Crippen molar-refractivity contribution in [3.63, 3.8) is 0 Å². The molecule has 32 heavy (non-hydrogen) atoms. The van der Waals surface area contributed by atoms with Crippen molar-refractivity contribution in [2.75, 3.05) is 0 Å². The molecule has 0 aromatic heterocycles. The number of carboxylic acid groups (broad SMARTS) is 6. The summed E-state index contributed by atoms with van der Waals surface area (Å²) in [6, 6.07) is 0. The summed E-state index contributed by atoms with van der Waals surface area (Å²) >= 11 is 0. The minimum absolute atomic E-state index is 0. The van der Waals surface area contributed by atoms with Crippen molar-refractivity contribution in [3.05, 3.63) is 0 Å². The number of aliphatic hydroxyl groups is 6. The Kier molecular flexibility index (Phi) is 24.2. The second-order valence-electron chi connectivity index (χ2n) is 4.58. The molecule has 0 aliphatic rings. The first-order valence-corrected chi connectivity index (χ1v) is 6.73. The Labute approximate surface area is 196 Å². The van der Waals surface area contributed by atoms with Crippen molar-refractivity contribution in [1.29, 1.82) is 0 Å². The fraction of sp³-hybridized carbons (Fsp3) is 0.500. The van der Waals surface area contributed by atoms with Crippen molar-refractivity contribution in [1.82, 2.24) is 0 Å². The molecular formula is C12H12Fe2O18-2. The number of carbonyl (C=O) groups is 6. The Morgan fingerprint density at radius 3 is 0.438 bits per heavy atom. The molecule has 0 amide bonds. The Morgan fingerprint density at radius 2 is 0.406 bits per heavy atom. The van der Waals surface area contributed by atoms with Crippen LogP contribution >= 0.6 is 0 Å². The molecule has 0 spiro atoms. The van der Waals surface area contributed by atoms with Gasteiger partial charge in [0, 0.05) is 0 Å². The number of carboxylic acids is 6. The Hall–Kier alpha value is -2.38. The molecule has 186 valence electrons. The van der Waals surface area contributed by atoms with E-state index in [2.05, 4.69) is 0 Å². The third-order valence-electron chi connectivity index (χ3n) is 2.35. The van der Waals surface area contributed by atoms with Gasteiger partial charge in [-0.1, -0.05) is 0 Å². The maximum atomic E-state index is 9.63. The normalized spacial score (nSPS) is 14.8. The van der Waals surface area contributed by atoms with Crippen molar-refractivity contribution in [2.24, 2.45) is 0 Å². The SMILES string of the molecule is O=C([O-])C(O)C(O)C(=O)[O-].O=C([O-])C(O)C(O)C(=O)[O-].O=C([O-])C(O)C(O)C(=O)[O-].[Fe+2].[Fe+2]. The van der Waals surface area contributed by atoms with Gasteiger partial charge in [0.15, 0.2) is 0 Å². The molecule has 0 aromatic rings. The number of aliphatic hydroxyl groups excluding tert-OH is 6. The van der Waals surface area contributed by atoms with Gasteiger partial charge in [-0.05, 0) is 0 Å². The van der Waals surface area contributed by atoms with E-state index < -0.39 is 72.4 Å². The topological polar surface area (TPSA) is 362 Å². The minimum Gasteiger partial charge on any atom is -0.547 e. The van der Waals surface area contributed by atoms with E-state index in [9.17, 15) is 59.4 Å². The van der Waals surface area contributed by atoms with E-state index in [0.29, 0.717) is 0 Å². The minimum atomic E-state index is -2.44. The molecule has 0 heterocycles. The smallest absolute Gasteiger partial charge is 0.547 e. The van der Waals surface area contributed by atoms with Crippen LogP contribution in [0.1, 0.15) is 0 Å². The van der Waals surface area contributed by atoms with Gasteiger partial charge < -0.3 is 90.0 Å². The van der Waals surface area contributed by atoms with Crippen molar-refractivity contribution in [3.8, 4) is 0 Å². The number of aliphatic carboxylic acids is 6. The summed E-state index contributed by atoms with van der Waals surface area (Å²) in [7, 11) is 0. The molecule has 0 saturated heterocycles. The van der Waals surface area contributed by atoms with Gasteiger partial charge in [0.2, 0.25) is 0 Å². The molecule has 6 unspecified atom stereocenters. The molecule has 18 nitrogen and oxygen atoms in total. The summed E-state index contributed by atoms with van der Waals surface area (Å²) in [6.07, 6.45) is -14.6. The zero-order chi connectivity index (χ0) is 24.9. The van der Waals surface area contributed by atoms with Gasteiger partial charge in [-0.3, -0.25) is 0 Å². The fourth-order valence-corrected chi connectivity index (χ4v) is 0.773. The van der Waals surface area contributed by atoms with Crippen LogP contribution in [0, 0.1) is 0 Å². The second kappa shape index (κ2) is 19.3. The zero-order valence-electron chi connectivity index (χ0n) is 14.8. The monoisotopic (exact) mass is 556 g/mol. The van der Waals surface area contributed by atoms with Crippen LogP contribution in [0.4, 0.5) is 0 Å². The number of hydrogen-bond donors (Lipinski definition) is 6. The Bertz CT molecular complexity index is 498. The summed E-state index contributed by atoms with van der Waals surface area (Å²) < 4.78 is 0. The van der Waals surface area contributed by atoms with Crippen LogP contribution in [0.5, 0.6) is 0 Å². The molecule has 0 fully saturated rings. The second-order valence-corrected chi connectivity index (χ2v) is 4.58. The van der Waals surface area contributed by atoms with Crippen molar-refractivity contribution < 1.29 is 124 Å². The van der Waals surface area contributed by atoms with E-state index in [1.807, 2.05) is 0 Å². The van der Waals surface area contributed by atoms with Gasteiger partial charge in [-0.2, -0.15) is 0 Å². The largest absolute Gasteiger partial charge is 2.00 e. The van der Waals surface area contributed by atoms with Gasteiger partial charge in [-0.25, -0.2) is 0 Å². The van der Waals surface area contributed by atoms with Gasteiger partial charge in [-0.15, -0.1) is 0 Å². The maximum Gasteiger partial charge on any atom is 2.00 e. The molecule has 0 saturated carbocycles. The molecule has 6 atom stereocenters. The molecule has 0 radical (unpaired) electrons. The van der Waals surface area contributed by atoms with Gasteiger partial charge in [0.05, 0.1) is 35.8 Å². The van der Waals surface area contributed by atoms with Crippen molar-refractivity contribution >= 4 is 35.8 Å². The molecule has 0 aliphatic carbocycles. The molecular weight excluding hydrogens is 544 g/mol. The van der Waals surface area contributed by atoms with Crippen LogP contribution in [0.2, 0.25) is 0 Å². The number of carbonyl (C=O) groups excluding carboxylic acids is 6. The van der Waals surface area contributed by atoms with Gasteiger partial charge in [0.1, 0.15) is 36.6 Å². The van der Waals surface area contributed by atoms with Crippen LogP contribution in [0.25, 0.3) is 0 Å². The standard InChI is InChI=1S/3C4H6O6.2Fe/c3*5-1(3(7)8)2(6)4(9)10;;/h3*1-2,5-6H,(H,7,8)(H,9,10);;/q;;;2*+2/p-6. The summed E-state index contributed by atoms with van der Waals surface area (Å²) in [5, 5.41) is 107. The average Bonchev–Trinajstić information content (AvgIpc) is 2.64. The van der Waals surface area contributed by atoms with Gasteiger partial charge in [0.25, 0.3) is 0 Å². The Balaban J connectivity index is -0.000000110. The van der Waals surface area contributed by atoms with E-state index in [1.54, 1.807) is 0 Å². The first kappa shape index (κ1) is 40.0. The molecule has 0 aromatic carbocycles. The summed E-state index contributed by atoms with van der Waals surface area (Å²) in [4.78, 5) is 57.8. The van der Waals surface area contributed by atoms with Crippen molar-refractivity contribution in [2.45, 2.75) is 36.6 Å². The van der Waals surface area contributed by atoms with Crippen LogP contribution < -0.4 is 30.6 Å².